The molecule has 1 aromatic carbocycles. The SMILES string of the molecule is Cc1ccccc1OC[C@H](O)C[NH+]1C[C@@H](C)O[C@H](C)C1. The Labute approximate surface area is 121 Å². The van der Waals surface area contributed by atoms with Crippen molar-refractivity contribution < 1.29 is 19.5 Å². The van der Waals surface area contributed by atoms with E-state index in [-0.39, 0.29) is 12.2 Å². The van der Waals surface area contributed by atoms with Crippen LogP contribution in [0.5, 0.6) is 5.75 Å². The maximum absolute atomic E-state index is 10.1. The number of para-hydroxylation sites is 1. The number of quaternary nitrogens is 1. The van der Waals surface area contributed by atoms with Crippen molar-refractivity contribution >= 4 is 0 Å². The first-order valence-electron chi connectivity index (χ1n) is 7.40. The van der Waals surface area contributed by atoms with E-state index in [1.807, 2.05) is 31.2 Å². The van der Waals surface area contributed by atoms with Crippen LogP contribution in [0.1, 0.15) is 19.4 Å². The second kappa shape index (κ2) is 7.07. The van der Waals surface area contributed by atoms with Gasteiger partial charge in [-0.05, 0) is 32.4 Å². The number of hydrogen-bond donors (Lipinski definition) is 2. The molecule has 1 saturated heterocycles. The second-order valence-electron chi connectivity index (χ2n) is 5.85. The zero-order valence-corrected chi connectivity index (χ0v) is 12.6. The molecule has 2 rings (SSSR count). The van der Waals surface area contributed by atoms with Gasteiger partial charge < -0.3 is 19.5 Å². The second-order valence-corrected chi connectivity index (χ2v) is 5.85. The summed E-state index contributed by atoms with van der Waals surface area (Å²) in [5.74, 6) is 0.852. The lowest BCUT2D eigenvalue weighted by Crippen LogP contribution is -3.16. The highest BCUT2D eigenvalue weighted by Crippen LogP contribution is 2.16. The fourth-order valence-corrected chi connectivity index (χ4v) is 2.85. The molecule has 1 aliphatic rings. The number of ether oxygens (including phenoxy) is 2. The summed E-state index contributed by atoms with van der Waals surface area (Å²) in [5, 5.41) is 10.1. The monoisotopic (exact) mass is 280 g/mol. The highest BCUT2D eigenvalue weighted by molar-refractivity contribution is 5.31. The van der Waals surface area contributed by atoms with Gasteiger partial charge in [-0.1, -0.05) is 18.2 Å². The maximum atomic E-state index is 10.1. The first kappa shape index (κ1) is 15.3. The minimum absolute atomic E-state index is 0.262. The molecule has 0 bridgehead atoms. The minimum atomic E-state index is -0.442. The number of morpholine rings is 1. The summed E-state index contributed by atoms with van der Waals surface area (Å²) >= 11 is 0. The quantitative estimate of drug-likeness (QED) is 0.822. The van der Waals surface area contributed by atoms with Gasteiger partial charge in [0.1, 0.15) is 50.3 Å². The predicted octanol–water partition coefficient (Wildman–Crippen LogP) is 0.427. The largest absolute Gasteiger partial charge is 0.490 e. The van der Waals surface area contributed by atoms with Gasteiger partial charge in [-0.25, -0.2) is 0 Å². The first-order valence-corrected chi connectivity index (χ1v) is 7.40. The average Bonchev–Trinajstić information content (AvgIpc) is 2.36. The smallest absolute Gasteiger partial charge is 0.137 e. The van der Waals surface area contributed by atoms with Crippen molar-refractivity contribution in [1.29, 1.82) is 0 Å². The molecule has 1 aromatic rings. The van der Waals surface area contributed by atoms with Gasteiger partial charge in [-0.15, -0.1) is 0 Å². The molecular formula is C16H26NO3+. The van der Waals surface area contributed by atoms with Gasteiger partial charge in [0.15, 0.2) is 0 Å². The van der Waals surface area contributed by atoms with E-state index >= 15 is 0 Å². The van der Waals surface area contributed by atoms with E-state index in [0.29, 0.717) is 13.2 Å². The van der Waals surface area contributed by atoms with Crippen molar-refractivity contribution in [2.45, 2.75) is 39.1 Å². The topological polar surface area (TPSA) is 43.1 Å². The Balaban J connectivity index is 1.78. The molecule has 0 aliphatic carbocycles. The molecular weight excluding hydrogens is 254 g/mol. The van der Waals surface area contributed by atoms with Crippen molar-refractivity contribution in [1.82, 2.24) is 0 Å². The van der Waals surface area contributed by atoms with Crippen LogP contribution < -0.4 is 9.64 Å². The fraction of sp³-hybridized carbons (Fsp3) is 0.625. The van der Waals surface area contributed by atoms with Crippen LogP contribution in [0.25, 0.3) is 0 Å². The molecule has 0 amide bonds. The molecule has 112 valence electrons. The van der Waals surface area contributed by atoms with Crippen molar-refractivity contribution in [2.24, 2.45) is 0 Å². The Morgan fingerprint density at radius 1 is 1.30 bits per heavy atom. The van der Waals surface area contributed by atoms with Gasteiger partial charge in [0, 0.05) is 0 Å². The Morgan fingerprint density at radius 3 is 2.60 bits per heavy atom. The van der Waals surface area contributed by atoms with Gasteiger partial charge in [0.05, 0.1) is 0 Å². The van der Waals surface area contributed by atoms with Crippen molar-refractivity contribution in [3.63, 3.8) is 0 Å². The van der Waals surface area contributed by atoms with E-state index in [1.165, 1.54) is 4.90 Å². The summed E-state index contributed by atoms with van der Waals surface area (Å²) < 4.78 is 11.4. The Bertz CT molecular complexity index is 414. The molecule has 0 radical (unpaired) electrons. The molecule has 1 heterocycles. The maximum Gasteiger partial charge on any atom is 0.137 e. The third-order valence-electron chi connectivity index (χ3n) is 3.67. The molecule has 4 heteroatoms. The minimum Gasteiger partial charge on any atom is -0.490 e. The van der Waals surface area contributed by atoms with Crippen LogP contribution in [0.4, 0.5) is 0 Å². The average molecular weight is 280 g/mol. The molecule has 1 aliphatic heterocycles. The number of nitrogens with one attached hydrogen (secondary N) is 1. The van der Waals surface area contributed by atoms with Gasteiger partial charge in [-0.2, -0.15) is 0 Å². The number of aliphatic hydroxyl groups is 1. The van der Waals surface area contributed by atoms with E-state index < -0.39 is 6.10 Å². The van der Waals surface area contributed by atoms with E-state index in [4.69, 9.17) is 9.47 Å². The predicted molar refractivity (Wildman–Crippen MR) is 78.3 cm³/mol. The normalized spacial score (nSPS) is 28.1. The van der Waals surface area contributed by atoms with Gasteiger partial charge in [0.25, 0.3) is 0 Å². The summed E-state index contributed by atoms with van der Waals surface area (Å²) in [7, 11) is 0. The summed E-state index contributed by atoms with van der Waals surface area (Å²) in [6, 6.07) is 7.89. The third-order valence-corrected chi connectivity index (χ3v) is 3.67. The van der Waals surface area contributed by atoms with E-state index in [2.05, 4.69) is 13.8 Å². The summed E-state index contributed by atoms with van der Waals surface area (Å²) in [6.45, 7) is 9.15. The Morgan fingerprint density at radius 2 is 1.95 bits per heavy atom. The number of aliphatic hydroxyl groups excluding tert-OH is 1. The number of hydrogen-bond acceptors (Lipinski definition) is 3. The van der Waals surface area contributed by atoms with E-state index in [1.54, 1.807) is 0 Å². The van der Waals surface area contributed by atoms with E-state index in [9.17, 15) is 5.11 Å². The number of benzene rings is 1. The van der Waals surface area contributed by atoms with Crippen LogP contribution in [0.2, 0.25) is 0 Å². The molecule has 0 aromatic heterocycles. The molecule has 0 spiro atoms. The molecule has 20 heavy (non-hydrogen) atoms. The first-order chi connectivity index (χ1) is 9.54. The highest BCUT2D eigenvalue weighted by atomic mass is 16.5. The Kier molecular flexibility index (Phi) is 5.40. The van der Waals surface area contributed by atoms with Gasteiger partial charge >= 0.3 is 0 Å². The number of rotatable bonds is 5. The lowest BCUT2D eigenvalue weighted by Gasteiger charge is -2.33. The highest BCUT2D eigenvalue weighted by Gasteiger charge is 2.27. The van der Waals surface area contributed by atoms with Gasteiger partial charge in [-0.3, -0.25) is 0 Å². The molecule has 1 fully saturated rings. The summed E-state index contributed by atoms with van der Waals surface area (Å²) in [4.78, 5) is 1.39. The molecule has 2 N–H and O–H groups in total. The van der Waals surface area contributed by atoms with Crippen LogP contribution in [-0.2, 0) is 4.74 Å². The van der Waals surface area contributed by atoms with Crippen molar-refractivity contribution in [3.05, 3.63) is 29.8 Å². The molecule has 0 saturated carbocycles. The lowest BCUT2D eigenvalue weighted by molar-refractivity contribution is -0.918. The van der Waals surface area contributed by atoms with Crippen LogP contribution in [0.3, 0.4) is 0 Å². The number of aryl methyl sites for hydroxylation is 1. The molecule has 0 unspecified atom stereocenters. The van der Waals surface area contributed by atoms with Crippen molar-refractivity contribution in [3.8, 4) is 5.75 Å². The zero-order valence-electron chi connectivity index (χ0n) is 12.6. The zero-order chi connectivity index (χ0) is 14.5. The Hall–Kier alpha value is -1.10. The lowest BCUT2D eigenvalue weighted by atomic mass is 10.2. The van der Waals surface area contributed by atoms with Crippen LogP contribution >= 0.6 is 0 Å². The molecule has 4 nitrogen and oxygen atoms in total. The fourth-order valence-electron chi connectivity index (χ4n) is 2.85. The summed E-state index contributed by atoms with van der Waals surface area (Å²) in [6.07, 6.45) is 0.0820. The van der Waals surface area contributed by atoms with Crippen LogP contribution in [-0.4, -0.2) is 49.7 Å². The van der Waals surface area contributed by atoms with Crippen LogP contribution in [0.15, 0.2) is 24.3 Å². The van der Waals surface area contributed by atoms with Gasteiger partial charge in [0.2, 0.25) is 0 Å². The van der Waals surface area contributed by atoms with E-state index in [0.717, 1.165) is 24.4 Å². The summed E-state index contributed by atoms with van der Waals surface area (Å²) in [5.41, 5.74) is 1.10. The van der Waals surface area contributed by atoms with Crippen molar-refractivity contribution in [2.75, 3.05) is 26.2 Å². The van der Waals surface area contributed by atoms with Crippen LogP contribution in [0, 0.1) is 6.92 Å². The third kappa shape index (κ3) is 4.47. The molecule has 3 atom stereocenters. The standard InChI is InChI=1S/C16H25NO3/c1-12-6-4-5-7-16(12)19-11-15(18)10-17-8-13(2)20-14(3)9-17/h4-7,13-15,18H,8-11H2,1-3H3/p+1/t13-,14-,15-/m1/s1.